The van der Waals surface area contributed by atoms with Crippen LogP contribution in [0.4, 0.5) is 0 Å². The number of halogens is 1. The molecule has 1 fully saturated rings. The molecule has 2 rings (SSSR count). The lowest BCUT2D eigenvalue weighted by Crippen LogP contribution is -2.05. The molecule has 0 saturated heterocycles. The summed E-state index contributed by atoms with van der Waals surface area (Å²) in [5.74, 6) is 1.63. The maximum atomic E-state index is 5.69. The molecule has 1 nitrogen and oxygen atoms in total. The average Bonchev–Trinajstić information content (AvgIpc) is 2.68. The lowest BCUT2D eigenvalue weighted by Gasteiger charge is -2.14. The number of alkyl halides is 1. The Labute approximate surface area is 125 Å². The van der Waals surface area contributed by atoms with Crippen LogP contribution in [-0.4, -0.2) is 6.10 Å². The molecule has 0 heterocycles. The van der Waals surface area contributed by atoms with E-state index in [0.29, 0.717) is 21.6 Å². The van der Waals surface area contributed by atoms with E-state index in [9.17, 15) is 0 Å². The van der Waals surface area contributed by atoms with E-state index in [-0.39, 0.29) is 6.10 Å². The Morgan fingerprint density at radius 2 is 1.47 bits per heavy atom. The highest BCUT2D eigenvalue weighted by atomic mass is 79.9. The van der Waals surface area contributed by atoms with Crippen LogP contribution in [-0.2, 0) is 0 Å². The number of hydrogen-bond donors (Lipinski definition) is 0. The molecule has 1 unspecified atom stereocenters. The molecule has 2 heteroatoms. The van der Waals surface area contributed by atoms with Gasteiger partial charge in [0.25, 0.3) is 0 Å². The van der Waals surface area contributed by atoms with Crippen molar-refractivity contribution in [2.75, 3.05) is 0 Å². The summed E-state index contributed by atoms with van der Waals surface area (Å²) in [6.45, 7) is 13.6. The molecule has 1 aliphatic carbocycles. The molecule has 1 aromatic carbocycles. The van der Waals surface area contributed by atoms with Crippen molar-refractivity contribution in [2.45, 2.75) is 52.5 Å². The average molecular weight is 325 g/mol. The second-order valence-electron chi connectivity index (χ2n) is 7.06. The molecule has 1 aliphatic rings. The van der Waals surface area contributed by atoms with Crippen LogP contribution in [0.25, 0.3) is 0 Å². The maximum Gasteiger partial charge on any atom is 0.119 e. The number of benzene rings is 1. The van der Waals surface area contributed by atoms with Gasteiger partial charge in [-0.3, -0.25) is 0 Å². The molecule has 1 saturated carbocycles. The first-order chi connectivity index (χ1) is 8.68. The van der Waals surface area contributed by atoms with Gasteiger partial charge in [-0.15, -0.1) is 0 Å². The zero-order valence-electron chi connectivity index (χ0n) is 12.8. The Kier molecular flexibility index (Phi) is 3.77. The van der Waals surface area contributed by atoms with E-state index >= 15 is 0 Å². The van der Waals surface area contributed by atoms with Gasteiger partial charge in [0.1, 0.15) is 5.75 Å². The van der Waals surface area contributed by atoms with Crippen molar-refractivity contribution in [3.8, 4) is 5.75 Å². The second-order valence-corrected chi connectivity index (χ2v) is 8.04. The van der Waals surface area contributed by atoms with Crippen LogP contribution >= 0.6 is 15.9 Å². The first-order valence-corrected chi connectivity index (χ1v) is 8.00. The van der Waals surface area contributed by atoms with Crippen molar-refractivity contribution in [2.24, 2.45) is 16.7 Å². The Balaban J connectivity index is 2.11. The molecule has 1 atom stereocenters. The van der Waals surface area contributed by atoms with Gasteiger partial charge in [-0.2, -0.15) is 0 Å². The van der Waals surface area contributed by atoms with Crippen molar-refractivity contribution in [3.63, 3.8) is 0 Å². The summed E-state index contributed by atoms with van der Waals surface area (Å²) >= 11 is 3.90. The Morgan fingerprint density at radius 3 is 1.84 bits per heavy atom. The standard InChI is InChI=1S/C17H25BrO/c1-11(2)19-13-9-7-12(8-10-13)14(18)15-16(3,4)17(15,5)6/h7-11,14-15H,1-6H3. The van der Waals surface area contributed by atoms with Gasteiger partial charge in [0, 0.05) is 4.83 Å². The van der Waals surface area contributed by atoms with E-state index < -0.39 is 0 Å². The molecule has 0 aromatic heterocycles. The lowest BCUT2D eigenvalue weighted by atomic mass is 10.0. The van der Waals surface area contributed by atoms with Crippen molar-refractivity contribution >= 4 is 15.9 Å². The first kappa shape index (κ1) is 14.9. The molecular formula is C17H25BrO. The predicted octanol–water partition coefficient (Wildman–Crippen LogP) is 5.59. The minimum atomic E-state index is 0.229. The number of rotatable bonds is 4. The van der Waals surface area contributed by atoms with Crippen molar-refractivity contribution in [3.05, 3.63) is 29.8 Å². The van der Waals surface area contributed by atoms with Gasteiger partial charge in [-0.1, -0.05) is 55.8 Å². The summed E-state index contributed by atoms with van der Waals surface area (Å²) in [6, 6.07) is 8.52. The van der Waals surface area contributed by atoms with E-state index in [1.54, 1.807) is 0 Å². The summed E-state index contributed by atoms with van der Waals surface area (Å²) in [6.07, 6.45) is 0.229. The van der Waals surface area contributed by atoms with E-state index in [1.807, 2.05) is 0 Å². The van der Waals surface area contributed by atoms with E-state index in [4.69, 9.17) is 4.74 Å². The van der Waals surface area contributed by atoms with Crippen molar-refractivity contribution < 1.29 is 4.74 Å². The van der Waals surface area contributed by atoms with Crippen LogP contribution in [0.1, 0.15) is 51.9 Å². The zero-order chi connectivity index (χ0) is 14.4. The third kappa shape index (κ3) is 2.56. The summed E-state index contributed by atoms with van der Waals surface area (Å²) in [5, 5.41) is 0. The molecule has 0 bridgehead atoms. The van der Waals surface area contributed by atoms with Gasteiger partial charge in [0.05, 0.1) is 6.10 Å². The molecule has 1 aromatic rings. The van der Waals surface area contributed by atoms with Crippen LogP contribution in [0.5, 0.6) is 5.75 Å². The largest absolute Gasteiger partial charge is 0.491 e. The van der Waals surface area contributed by atoms with Gasteiger partial charge in [0.15, 0.2) is 0 Å². The summed E-state index contributed by atoms with van der Waals surface area (Å²) in [4.78, 5) is 0.422. The van der Waals surface area contributed by atoms with Gasteiger partial charge >= 0.3 is 0 Å². The molecule has 0 spiro atoms. The fourth-order valence-corrected chi connectivity index (χ4v) is 4.80. The number of hydrogen-bond acceptors (Lipinski definition) is 1. The minimum Gasteiger partial charge on any atom is -0.491 e. The quantitative estimate of drug-likeness (QED) is 0.656. The highest BCUT2D eigenvalue weighted by molar-refractivity contribution is 9.09. The minimum absolute atomic E-state index is 0.229. The summed E-state index contributed by atoms with van der Waals surface area (Å²) in [7, 11) is 0. The van der Waals surface area contributed by atoms with Crippen molar-refractivity contribution in [1.29, 1.82) is 0 Å². The van der Waals surface area contributed by atoms with Crippen molar-refractivity contribution in [1.82, 2.24) is 0 Å². The van der Waals surface area contributed by atoms with Crippen LogP contribution in [0.15, 0.2) is 24.3 Å². The SMILES string of the molecule is CC(C)Oc1ccc(C(Br)C2C(C)(C)C2(C)C)cc1. The highest BCUT2D eigenvalue weighted by Gasteiger charge is 2.66. The Hall–Kier alpha value is -0.500. The van der Waals surface area contributed by atoms with Gasteiger partial charge in [0.2, 0.25) is 0 Å². The summed E-state index contributed by atoms with van der Waals surface area (Å²) in [5.41, 5.74) is 2.14. The molecule has 0 N–H and O–H groups in total. The van der Waals surface area contributed by atoms with Crippen LogP contribution < -0.4 is 4.74 Å². The van der Waals surface area contributed by atoms with Crippen LogP contribution in [0.3, 0.4) is 0 Å². The van der Waals surface area contributed by atoms with Gasteiger partial charge in [-0.05, 0) is 48.3 Å². The third-order valence-corrected chi connectivity index (χ3v) is 6.05. The summed E-state index contributed by atoms with van der Waals surface area (Å²) < 4.78 is 5.69. The molecule has 0 amide bonds. The zero-order valence-corrected chi connectivity index (χ0v) is 14.4. The van der Waals surface area contributed by atoms with E-state index in [2.05, 4.69) is 81.7 Å². The smallest absolute Gasteiger partial charge is 0.119 e. The molecule has 106 valence electrons. The first-order valence-electron chi connectivity index (χ1n) is 7.08. The Morgan fingerprint density at radius 1 is 1.00 bits per heavy atom. The van der Waals surface area contributed by atoms with E-state index in [0.717, 1.165) is 5.75 Å². The van der Waals surface area contributed by atoms with E-state index in [1.165, 1.54) is 5.56 Å². The normalized spacial score (nSPS) is 22.3. The lowest BCUT2D eigenvalue weighted by molar-refractivity contribution is 0.242. The maximum absolute atomic E-state index is 5.69. The molecule has 0 radical (unpaired) electrons. The fourth-order valence-electron chi connectivity index (χ4n) is 3.17. The second kappa shape index (κ2) is 4.80. The highest BCUT2D eigenvalue weighted by Crippen LogP contribution is 2.73. The molecule has 0 aliphatic heterocycles. The topological polar surface area (TPSA) is 9.23 Å². The van der Waals surface area contributed by atoms with Gasteiger partial charge in [-0.25, -0.2) is 0 Å². The predicted molar refractivity (Wildman–Crippen MR) is 84.9 cm³/mol. The van der Waals surface area contributed by atoms with Gasteiger partial charge < -0.3 is 4.74 Å². The molecule has 19 heavy (non-hydrogen) atoms. The van der Waals surface area contributed by atoms with Crippen LogP contribution in [0.2, 0.25) is 0 Å². The monoisotopic (exact) mass is 324 g/mol. The number of ether oxygens (including phenoxy) is 1. The fraction of sp³-hybridized carbons (Fsp3) is 0.647. The van der Waals surface area contributed by atoms with Crippen LogP contribution in [0, 0.1) is 16.7 Å². The molecular weight excluding hydrogens is 300 g/mol. The Bertz CT molecular complexity index is 431. The third-order valence-electron chi connectivity index (χ3n) is 5.00.